The third kappa shape index (κ3) is 3.16. The first-order valence-corrected chi connectivity index (χ1v) is 6.87. The molecule has 3 nitrogen and oxygen atoms in total. The Hall–Kier alpha value is -2.50. The van der Waals surface area contributed by atoms with E-state index >= 15 is 0 Å². The Morgan fingerprint density at radius 2 is 1.48 bits per heavy atom. The van der Waals surface area contributed by atoms with Crippen molar-refractivity contribution in [1.82, 2.24) is 5.32 Å². The zero-order valence-corrected chi connectivity index (χ0v) is 12.6. The van der Waals surface area contributed by atoms with E-state index in [0.717, 1.165) is 6.92 Å². The fourth-order valence-corrected chi connectivity index (χ4v) is 2.50. The topological polar surface area (TPSA) is 38.3 Å². The molecular weight excluding hydrogens is 307 g/mol. The van der Waals surface area contributed by atoms with E-state index in [0.29, 0.717) is 5.75 Å². The van der Waals surface area contributed by atoms with Crippen molar-refractivity contribution in [2.75, 3.05) is 7.11 Å². The normalized spacial score (nSPS) is 14.0. The van der Waals surface area contributed by atoms with Gasteiger partial charge in [-0.15, -0.1) is 0 Å². The van der Waals surface area contributed by atoms with E-state index in [4.69, 9.17) is 4.74 Å². The molecule has 0 heterocycles. The van der Waals surface area contributed by atoms with E-state index < -0.39 is 17.6 Å². The summed E-state index contributed by atoms with van der Waals surface area (Å²) >= 11 is 0. The van der Waals surface area contributed by atoms with Gasteiger partial charge in [-0.05, 0) is 23.3 Å². The van der Waals surface area contributed by atoms with Gasteiger partial charge in [0.15, 0.2) is 5.54 Å². The van der Waals surface area contributed by atoms with Crippen LogP contribution in [0.1, 0.15) is 18.1 Å². The van der Waals surface area contributed by atoms with E-state index in [1.54, 1.807) is 6.07 Å². The number of methoxy groups -OCH3 is 1. The Balaban J connectivity index is 2.72. The predicted molar refractivity (Wildman–Crippen MR) is 80.1 cm³/mol. The van der Waals surface area contributed by atoms with Gasteiger partial charge in [0, 0.05) is 6.92 Å². The number of hydrogen-bond acceptors (Lipinski definition) is 2. The number of hydrogen-bond donors (Lipinski definition) is 1. The number of halogens is 3. The first-order chi connectivity index (χ1) is 10.8. The van der Waals surface area contributed by atoms with Crippen LogP contribution in [0.15, 0.2) is 54.6 Å². The highest BCUT2D eigenvalue weighted by Crippen LogP contribution is 2.44. The summed E-state index contributed by atoms with van der Waals surface area (Å²) in [6.45, 7) is 1.06. The highest BCUT2D eigenvalue weighted by atomic mass is 19.4. The Morgan fingerprint density at radius 3 is 1.91 bits per heavy atom. The van der Waals surface area contributed by atoms with Crippen molar-refractivity contribution in [3.63, 3.8) is 0 Å². The molecule has 1 atom stereocenters. The lowest BCUT2D eigenvalue weighted by Crippen LogP contribution is -2.56. The van der Waals surface area contributed by atoms with Crippen LogP contribution < -0.4 is 10.1 Å². The van der Waals surface area contributed by atoms with Crippen LogP contribution in [0.25, 0.3) is 0 Å². The van der Waals surface area contributed by atoms with Gasteiger partial charge in [0.25, 0.3) is 0 Å². The van der Waals surface area contributed by atoms with Crippen LogP contribution in [0, 0.1) is 0 Å². The molecule has 23 heavy (non-hydrogen) atoms. The molecule has 1 N–H and O–H groups in total. The van der Waals surface area contributed by atoms with Gasteiger partial charge in [0.2, 0.25) is 5.91 Å². The molecule has 122 valence electrons. The van der Waals surface area contributed by atoms with Crippen LogP contribution in [-0.4, -0.2) is 19.2 Å². The molecule has 0 aliphatic rings. The Morgan fingerprint density at radius 1 is 0.957 bits per heavy atom. The zero-order valence-electron chi connectivity index (χ0n) is 12.6. The van der Waals surface area contributed by atoms with Gasteiger partial charge in [0.1, 0.15) is 5.75 Å². The third-order valence-electron chi connectivity index (χ3n) is 3.52. The number of rotatable bonds is 4. The van der Waals surface area contributed by atoms with E-state index in [-0.39, 0.29) is 11.1 Å². The molecule has 2 aromatic rings. The van der Waals surface area contributed by atoms with Crippen LogP contribution in [-0.2, 0) is 10.3 Å². The fraction of sp³-hybridized carbons (Fsp3) is 0.235. The van der Waals surface area contributed by atoms with Gasteiger partial charge >= 0.3 is 6.18 Å². The van der Waals surface area contributed by atoms with E-state index in [9.17, 15) is 18.0 Å². The summed E-state index contributed by atoms with van der Waals surface area (Å²) in [6, 6.07) is 12.8. The molecule has 0 aliphatic carbocycles. The van der Waals surface area contributed by atoms with Crippen LogP contribution in [0.4, 0.5) is 13.2 Å². The molecule has 0 spiro atoms. The van der Waals surface area contributed by atoms with Gasteiger partial charge in [-0.25, -0.2) is 0 Å². The standard InChI is InChI=1S/C17H16F3NO2/c1-12(22)21-16(17(18,19)20,13-6-4-3-5-7-13)14-8-10-15(23-2)11-9-14/h3-11H,1-2H3,(H,21,22). The summed E-state index contributed by atoms with van der Waals surface area (Å²) < 4.78 is 47.1. The van der Waals surface area contributed by atoms with Crippen molar-refractivity contribution in [2.45, 2.75) is 18.6 Å². The maximum atomic E-state index is 14.0. The smallest absolute Gasteiger partial charge is 0.420 e. The fourth-order valence-electron chi connectivity index (χ4n) is 2.50. The first kappa shape index (κ1) is 16.9. The molecule has 1 unspecified atom stereocenters. The number of carbonyl (C=O) groups excluding carboxylic acids is 1. The highest BCUT2D eigenvalue weighted by molar-refractivity contribution is 5.75. The zero-order chi connectivity index (χ0) is 17.1. The second kappa shape index (κ2) is 6.32. The molecule has 0 aliphatic heterocycles. The third-order valence-corrected chi connectivity index (χ3v) is 3.52. The number of amides is 1. The number of ether oxygens (including phenoxy) is 1. The maximum absolute atomic E-state index is 14.0. The van der Waals surface area contributed by atoms with Crippen molar-refractivity contribution < 1.29 is 22.7 Å². The second-order valence-corrected chi connectivity index (χ2v) is 5.02. The second-order valence-electron chi connectivity index (χ2n) is 5.02. The minimum absolute atomic E-state index is 0.0622. The van der Waals surface area contributed by atoms with Gasteiger partial charge in [-0.3, -0.25) is 4.79 Å². The SMILES string of the molecule is COc1ccc(C(NC(C)=O)(c2ccccc2)C(F)(F)F)cc1. The first-order valence-electron chi connectivity index (χ1n) is 6.87. The Kier molecular flexibility index (Phi) is 4.63. The van der Waals surface area contributed by atoms with Crippen molar-refractivity contribution in [3.05, 3.63) is 65.7 Å². The average Bonchev–Trinajstić information content (AvgIpc) is 2.52. The molecule has 1 amide bonds. The van der Waals surface area contributed by atoms with Crippen molar-refractivity contribution in [2.24, 2.45) is 0 Å². The lowest BCUT2D eigenvalue weighted by atomic mass is 9.82. The molecule has 0 saturated carbocycles. The lowest BCUT2D eigenvalue weighted by Gasteiger charge is -2.37. The summed E-state index contributed by atoms with van der Waals surface area (Å²) in [6.07, 6.45) is -4.73. The largest absolute Gasteiger partial charge is 0.497 e. The molecule has 6 heteroatoms. The van der Waals surface area contributed by atoms with Gasteiger partial charge in [-0.2, -0.15) is 13.2 Å². The molecule has 0 fully saturated rings. The predicted octanol–water partition coefficient (Wildman–Crippen LogP) is 3.64. The molecule has 2 rings (SSSR count). The van der Waals surface area contributed by atoms with Gasteiger partial charge in [0.05, 0.1) is 7.11 Å². The van der Waals surface area contributed by atoms with Crippen LogP contribution in [0.5, 0.6) is 5.75 Å². The number of benzene rings is 2. The quantitative estimate of drug-likeness (QED) is 0.933. The van der Waals surface area contributed by atoms with Crippen molar-refractivity contribution >= 4 is 5.91 Å². The van der Waals surface area contributed by atoms with Gasteiger partial charge < -0.3 is 10.1 Å². The lowest BCUT2D eigenvalue weighted by molar-refractivity contribution is -0.189. The number of nitrogens with one attached hydrogen (secondary N) is 1. The Bertz CT molecular complexity index is 668. The molecule has 0 radical (unpaired) electrons. The summed E-state index contributed by atoms with van der Waals surface area (Å²) in [5.41, 5.74) is -2.77. The maximum Gasteiger partial charge on any atom is 0.420 e. The van der Waals surface area contributed by atoms with Crippen LogP contribution >= 0.6 is 0 Å². The van der Waals surface area contributed by atoms with E-state index in [1.165, 1.54) is 55.6 Å². The highest BCUT2D eigenvalue weighted by Gasteiger charge is 2.58. The summed E-state index contributed by atoms with van der Waals surface area (Å²) in [4.78, 5) is 11.5. The number of carbonyl (C=O) groups is 1. The molecule has 2 aromatic carbocycles. The van der Waals surface area contributed by atoms with Crippen molar-refractivity contribution in [1.29, 1.82) is 0 Å². The Labute approximate surface area is 132 Å². The molecule has 0 saturated heterocycles. The summed E-state index contributed by atoms with van der Waals surface area (Å²) in [5.74, 6) is -0.345. The number of alkyl halides is 3. The summed E-state index contributed by atoms with van der Waals surface area (Å²) in [5, 5.41) is 2.10. The molecular formula is C17H16F3NO2. The molecule has 0 aromatic heterocycles. The van der Waals surface area contributed by atoms with Gasteiger partial charge in [-0.1, -0.05) is 42.5 Å². The van der Waals surface area contributed by atoms with Crippen LogP contribution in [0.2, 0.25) is 0 Å². The van der Waals surface area contributed by atoms with Crippen LogP contribution in [0.3, 0.4) is 0 Å². The average molecular weight is 323 g/mol. The monoisotopic (exact) mass is 323 g/mol. The minimum atomic E-state index is -4.73. The van der Waals surface area contributed by atoms with E-state index in [1.807, 2.05) is 0 Å². The van der Waals surface area contributed by atoms with E-state index in [2.05, 4.69) is 5.32 Å². The summed E-state index contributed by atoms with van der Waals surface area (Å²) in [7, 11) is 1.43. The minimum Gasteiger partial charge on any atom is -0.497 e. The van der Waals surface area contributed by atoms with Crippen molar-refractivity contribution in [3.8, 4) is 5.75 Å². The molecule has 0 bridgehead atoms.